The maximum Gasteiger partial charge on any atom is -0.00147 e. The lowest BCUT2D eigenvalue weighted by molar-refractivity contribution is 0.313. The zero-order valence-corrected chi connectivity index (χ0v) is 13.2. The number of nitrogens with one attached hydrogen (secondary N) is 1. The standard InChI is InChI=1S/C18H31N/c1-5-9-16(4)18(14-19-13-15(2)3)12-17-10-7-6-8-11-17/h6-8,10-11,15-16,18-19H,5,9,12-14H2,1-4H3. The van der Waals surface area contributed by atoms with Crippen LogP contribution in [0.25, 0.3) is 0 Å². The normalized spacial score (nSPS) is 14.6. The van der Waals surface area contributed by atoms with E-state index in [4.69, 9.17) is 0 Å². The van der Waals surface area contributed by atoms with E-state index in [2.05, 4.69) is 63.3 Å². The first-order valence-electron chi connectivity index (χ1n) is 7.88. The first-order chi connectivity index (χ1) is 9.13. The fraction of sp³-hybridized carbons (Fsp3) is 0.667. The van der Waals surface area contributed by atoms with Gasteiger partial charge < -0.3 is 5.32 Å². The molecule has 0 radical (unpaired) electrons. The summed E-state index contributed by atoms with van der Waals surface area (Å²) in [5.41, 5.74) is 1.47. The Hall–Kier alpha value is -0.820. The quantitative estimate of drug-likeness (QED) is 0.689. The molecular weight excluding hydrogens is 230 g/mol. The predicted octanol–water partition coefficient (Wildman–Crippen LogP) is 4.53. The van der Waals surface area contributed by atoms with E-state index >= 15 is 0 Å². The fourth-order valence-electron chi connectivity index (χ4n) is 2.64. The molecule has 0 aliphatic carbocycles. The lowest BCUT2D eigenvalue weighted by Crippen LogP contribution is -2.31. The van der Waals surface area contributed by atoms with Crippen LogP contribution >= 0.6 is 0 Å². The van der Waals surface area contributed by atoms with Crippen LogP contribution in [0, 0.1) is 17.8 Å². The summed E-state index contributed by atoms with van der Waals surface area (Å²) in [5.74, 6) is 2.28. The minimum atomic E-state index is 0.735. The lowest BCUT2D eigenvalue weighted by atomic mass is 9.85. The Morgan fingerprint density at radius 1 is 1.00 bits per heavy atom. The Morgan fingerprint density at radius 3 is 2.26 bits per heavy atom. The van der Waals surface area contributed by atoms with E-state index in [0.29, 0.717) is 0 Å². The van der Waals surface area contributed by atoms with E-state index in [9.17, 15) is 0 Å². The molecule has 0 heterocycles. The Kier molecular flexibility index (Phi) is 7.81. The van der Waals surface area contributed by atoms with Gasteiger partial charge in [-0.1, -0.05) is 70.9 Å². The molecule has 0 aliphatic heterocycles. The molecule has 1 aromatic rings. The van der Waals surface area contributed by atoms with Crippen molar-refractivity contribution in [2.45, 2.75) is 47.0 Å². The molecule has 1 nitrogen and oxygen atoms in total. The molecule has 0 bridgehead atoms. The topological polar surface area (TPSA) is 12.0 Å². The van der Waals surface area contributed by atoms with E-state index in [1.807, 2.05) is 0 Å². The second kappa shape index (κ2) is 9.14. The third-order valence-corrected chi connectivity index (χ3v) is 3.85. The molecule has 19 heavy (non-hydrogen) atoms. The minimum absolute atomic E-state index is 0.735. The highest BCUT2D eigenvalue weighted by Crippen LogP contribution is 2.21. The second-order valence-electron chi connectivity index (χ2n) is 6.27. The predicted molar refractivity (Wildman–Crippen MR) is 85.4 cm³/mol. The van der Waals surface area contributed by atoms with E-state index in [1.165, 1.54) is 24.8 Å². The average molecular weight is 261 g/mol. The zero-order valence-electron chi connectivity index (χ0n) is 13.2. The van der Waals surface area contributed by atoms with Crippen LogP contribution in [0.5, 0.6) is 0 Å². The van der Waals surface area contributed by atoms with E-state index in [0.717, 1.165) is 30.8 Å². The smallest absolute Gasteiger partial charge is 0.00147 e. The second-order valence-corrected chi connectivity index (χ2v) is 6.27. The largest absolute Gasteiger partial charge is 0.316 e. The molecule has 2 unspecified atom stereocenters. The minimum Gasteiger partial charge on any atom is -0.316 e. The van der Waals surface area contributed by atoms with Crippen molar-refractivity contribution in [2.24, 2.45) is 17.8 Å². The highest BCUT2D eigenvalue weighted by molar-refractivity contribution is 5.15. The van der Waals surface area contributed by atoms with Crippen molar-refractivity contribution >= 4 is 0 Å². The molecule has 0 aliphatic rings. The van der Waals surface area contributed by atoms with Crippen LogP contribution in [0.3, 0.4) is 0 Å². The molecule has 1 N–H and O–H groups in total. The molecular formula is C18H31N. The molecule has 1 rings (SSSR count). The van der Waals surface area contributed by atoms with Gasteiger partial charge in [0.1, 0.15) is 0 Å². The number of rotatable bonds is 9. The summed E-state index contributed by atoms with van der Waals surface area (Å²) < 4.78 is 0. The maximum atomic E-state index is 3.64. The van der Waals surface area contributed by atoms with E-state index < -0.39 is 0 Å². The third-order valence-electron chi connectivity index (χ3n) is 3.85. The van der Waals surface area contributed by atoms with Gasteiger partial charge in [0.05, 0.1) is 0 Å². The van der Waals surface area contributed by atoms with E-state index in [-0.39, 0.29) is 0 Å². The number of benzene rings is 1. The zero-order chi connectivity index (χ0) is 14.1. The molecule has 0 spiro atoms. The van der Waals surface area contributed by atoms with Gasteiger partial charge in [-0.05, 0) is 42.8 Å². The summed E-state index contributed by atoms with van der Waals surface area (Å²) >= 11 is 0. The summed E-state index contributed by atoms with van der Waals surface area (Å²) in [6.07, 6.45) is 3.82. The first kappa shape index (κ1) is 16.2. The van der Waals surface area contributed by atoms with Crippen molar-refractivity contribution in [3.63, 3.8) is 0 Å². The summed E-state index contributed by atoms with van der Waals surface area (Å²) in [5, 5.41) is 3.64. The van der Waals surface area contributed by atoms with Gasteiger partial charge in [0, 0.05) is 0 Å². The van der Waals surface area contributed by atoms with Crippen molar-refractivity contribution < 1.29 is 0 Å². The summed E-state index contributed by atoms with van der Waals surface area (Å²) in [4.78, 5) is 0. The van der Waals surface area contributed by atoms with Gasteiger partial charge in [-0.25, -0.2) is 0 Å². The van der Waals surface area contributed by atoms with Crippen molar-refractivity contribution in [1.82, 2.24) is 5.32 Å². The van der Waals surface area contributed by atoms with Crippen LogP contribution in [-0.4, -0.2) is 13.1 Å². The SMILES string of the molecule is CCCC(C)C(CNCC(C)C)Cc1ccccc1. The molecule has 108 valence electrons. The van der Waals surface area contributed by atoms with Crippen LogP contribution in [0.2, 0.25) is 0 Å². The van der Waals surface area contributed by atoms with Gasteiger partial charge in [-0.3, -0.25) is 0 Å². The highest BCUT2D eigenvalue weighted by atomic mass is 14.9. The molecule has 0 fully saturated rings. The molecule has 1 heteroatoms. The molecule has 0 saturated carbocycles. The lowest BCUT2D eigenvalue weighted by Gasteiger charge is -2.25. The van der Waals surface area contributed by atoms with Crippen LogP contribution in [-0.2, 0) is 6.42 Å². The third kappa shape index (κ3) is 6.77. The van der Waals surface area contributed by atoms with Gasteiger partial charge in [0.25, 0.3) is 0 Å². The number of hydrogen-bond donors (Lipinski definition) is 1. The molecule has 0 amide bonds. The van der Waals surface area contributed by atoms with Crippen LogP contribution < -0.4 is 5.32 Å². The van der Waals surface area contributed by atoms with Gasteiger partial charge in [-0.2, -0.15) is 0 Å². The van der Waals surface area contributed by atoms with Crippen LogP contribution in [0.15, 0.2) is 30.3 Å². The Balaban J connectivity index is 2.53. The van der Waals surface area contributed by atoms with Crippen LogP contribution in [0.1, 0.15) is 46.1 Å². The highest BCUT2D eigenvalue weighted by Gasteiger charge is 2.17. The van der Waals surface area contributed by atoms with Crippen molar-refractivity contribution in [2.75, 3.05) is 13.1 Å². The van der Waals surface area contributed by atoms with Crippen molar-refractivity contribution in [3.8, 4) is 0 Å². The van der Waals surface area contributed by atoms with Crippen molar-refractivity contribution in [3.05, 3.63) is 35.9 Å². The Labute approximate surface area is 119 Å². The van der Waals surface area contributed by atoms with Gasteiger partial charge >= 0.3 is 0 Å². The molecule has 0 saturated heterocycles. The molecule has 2 atom stereocenters. The Bertz CT molecular complexity index is 318. The van der Waals surface area contributed by atoms with Gasteiger partial charge in [0.15, 0.2) is 0 Å². The summed E-state index contributed by atoms with van der Waals surface area (Å²) in [7, 11) is 0. The summed E-state index contributed by atoms with van der Waals surface area (Å²) in [6.45, 7) is 11.5. The molecule has 1 aromatic carbocycles. The fourth-order valence-corrected chi connectivity index (χ4v) is 2.64. The molecule has 0 aromatic heterocycles. The van der Waals surface area contributed by atoms with Gasteiger partial charge in [-0.15, -0.1) is 0 Å². The van der Waals surface area contributed by atoms with E-state index in [1.54, 1.807) is 0 Å². The Morgan fingerprint density at radius 2 is 1.68 bits per heavy atom. The van der Waals surface area contributed by atoms with Crippen LogP contribution in [0.4, 0.5) is 0 Å². The first-order valence-corrected chi connectivity index (χ1v) is 7.88. The maximum absolute atomic E-state index is 3.64. The average Bonchev–Trinajstić information content (AvgIpc) is 2.38. The number of hydrogen-bond acceptors (Lipinski definition) is 1. The van der Waals surface area contributed by atoms with Crippen molar-refractivity contribution in [1.29, 1.82) is 0 Å². The monoisotopic (exact) mass is 261 g/mol. The summed E-state index contributed by atoms with van der Waals surface area (Å²) in [6, 6.07) is 10.9. The van der Waals surface area contributed by atoms with Gasteiger partial charge in [0.2, 0.25) is 0 Å².